The van der Waals surface area contributed by atoms with E-state index in [9.17, 15) is 19.8 Å². The third kappa shape index (κ3) is 6.85. The van der Waals surface area contributed by atoms with Crippen molar-refractivity contribution in [2.45, 2.75) is 104 Å². The van der Waals surface area contributed by atoms with Crippen LogP contribution in [0.4, 0.5) is 0 Å². The van der Waals surface area contributed by atoms with Crippen molar-refractivity contribution in [2.75, 3.05) is 0 Å². The molecule has 2 N–H and O–H groups in total. The predicted molar refractivity (Wildman–Crippen MR) is 199 cm³/mol. The largest absolute Gasteiger partial charge is 0.478 e. The summed E-state index contributed by atoms with van der Waals surface area (Å²) in [6.07, 6.45) is 14.6. The molecular weight excluding hydrogens is 596 g/mol. The van der Waals surface area contributed by atoms with Crippen molar-refractivity contribution in [3.8, 4) is 11.1 Å². The van der Waals surface area contributed by atoms with Crippen molar-refractivity contribution < 1.29 is 19.8 Å². The minimum atomic E-state index is -0.923. The Labute approximate surface area is 283 Å². The number of unbranched alkanes of at least 4 members (excludes halogenated alkanes) is 10. The van der Waals surface area contributed by atoms with Crippen molar-refractivity contribution in [3.05, 3.63) is 83.9 Å². The van der Waals surface area contributed by atoms with E-state index >= 15 is 0 Å². The standard InChI is InChI=1S/C42H48N2O4/c1-3-5-7-9-11-13-23-43-37-19-15-29(25-33(37)35-27-31(41(45)46)17-21-39(35)43)30-16-20-38-34(26-30)36-28-32(42(47)48)18-22-40(36)44(38)24-14-12-10-8-6-4-2/h15-22,25-28H,3-14,23-24H2,1-2H3,(H,45,46)(H,47,48). The van der Waals surface area contributed by atoms with Crippen LogP contribution in [0.5, 0.6) is 0 Å². The highest BCUT2D eigenvalue weighted by Gasteiger charge is 2.17. The molecule has 0 spiro atoms. The third-order valence-corrected chi connectivity index (χ3v) is 10.0. The fraction of sp³-hybridized carbons (Fsp3) is 0.381. The second-order valence-electron chi connectivity index (χ2n) is 13.4. The van der Waals surface area contributed by atoms with Gasteiger partial charge in [-0.25, -0.2) is 9.59 Å². The first-order valence-corrected chi connectivity index (χ1v) is 18.0. The molecule has 0 unspecified atom stereocenters. The van der Waals surface area contributed by atoms with Gasteiger partial charge in [0, 0.05) is 56.7 Å². The van der Waals surface area contributed by atoms with Crippen LogP contribution in [-0.4, -0.2) is 31.3 Å². The first kappa shape index (κ1) is 33.3. The average molecular weight is 645 g/mol. The maximum atomic E-state index is 12.0. The lowest BCUT2D eigenvalue weighted by Gasteiger charge is -2.09. The highest BCUT2D eigenvalue weighted by Crippen LogP contribution is 2.37. The van der Waals surface area contributed by atoms with Crippen molar-refractivity contribution in [2.24, 2.45) is 0 Å². The molecule has 4 aromatic carbocycles. The summed E-state index contributed by atoms with van der Waals surface area (Å²) in [6, 6.07) is 24.0. The smallest absolute Gasteiger partial charge is 0.335 e. The fourth-order valence-electron chi connectivity index (χ4n) is 7.42. The molecule has 0 atom stereocenters. The van der Waals surface area contributed by atoms with Crippen LogP contribution in [0, 0.1) is 0 Å². The summed E-state index contributed by atoms with van der Waals surface area (Å²) in [7, 11) is 0. The number of carboxylic acids is 2. The Morgan fingerprint density at radius 1 is 0.458 bits per heavy atom. The number of aryl methyl sites for hydroxylation is 2. The summed E-state index contributed by atoms with van der Waals surface area (Å²) < 4.78 is 4.71. The van der Waals surface area contributed by atoms with Crippen LogP contribution in [0.15, 0.2) is 72.8 Å². The highest BCUT2D eigenvalue weighted by molar-refractivity contribution is 6.13. The van der Waals surface area contributed by atoms with Crippen LogP contribution in [0.3, 0.4) is 0 Å². The molecule has 48 heavy (non-hydrogen) atoms. The fourth-order valence-corrected chi connectivity index (χ4v) is 7.42. The Hall–Kier alpha value is -4.58. The molecule has 2 aromatic heterocycles. The molecule has 0 fully saturated rings. The zero-order chi connectivity index (χ0) is 33.6. The van der Waals surface area contributed by atoms with Gasteiger partial charge in [0.25, 0.3) is 0 Å². The maximum absolute atomic E-state index is 12.0. The number of carboxylic acid groups (broad SMARTS) is 2. The molecule has 6 aromatic rings. The van der Waals surface area contributed by atoms with Crippen molar-refractivity contribution in [1.82, 2.24) is 9.13 Å². The lowest BCUT2D eigenvalue weighted by atomic mass is 10.00. The molecule has 0 aliphatic heterocycles. The number of aromatic carboxylic acids is 2. The zero-order valence-electron chi connectivity index (χ0n) is 28.4. The summed E-state index contributed by atoms with van der Waals surface area (Å²) in [5.41, 5.74) is 7.05. The molecule has 0 radical (unpaired) electrons. The van der Waals surface area contributed by atoms with Gasteiger partial charge in [0.1, 0.15) is 0 Å². The number of hydrogen-bond acceptors (Lipinski definition) is 2. The van der Waals surface area contributed by atoms with Crippen LogP contribution in [0.1, 0.15) is 112 Å². The Kier molecular flexibility index (Phi) is 10.5. The van der Waals surface area contributed by atoms with Gasteiger partial charge >= 0.3 is 11.9 Å². The molecule has 0 amide bonds. The minimum absolute atomic E-state index is 0.292. The van der Waals surface area contributed by atoms with Gasteiger partial charge in [-0.1, -0.05) is 90.2 Å². The molecule has 0 aliphatic carbocycles. The van der Waals surface area contributed by atoms with Crippen LogP contribution in [-0.2, 0) is 13.1 Å². The van der Waals surface area contributed by atoms with Gasteiger partial charge in [0.05, 0.1) is 11.1 Å². The van der Waals surface area contributed by atoms with E-state index < -0.39 is 11.9 Å². The van der Waals surface area contributed by atoms with Gasteiger partial charge in [0.2, 0.25) is 0 Å². The summed E-state index contributed by atoms with van der Waals surface area (Å²) in [6.45, 7) is 6.27. The zero-order valence-corrected chi connectivity index (χ0v) is 28.4. The molecular formula is C42H48N2O4. The number of fused-ring (bicyclic) bond motifs is 6. The van der Waals surface area contributed by atoms with E-state index in [4.69, 9.17) is 0 Å². The van der Waals surface area contributed by atoms with Crippen LogP contribution in [0.2, 0.25) is 0 Å². The molecule has 6 rings (SSSR count). The van der Waals surface area contributed by atoms with E-state index in [2.05, 4.69) is 59.4 Å². The summed E-state index contributed by atoms with van der Waals surface area (Å²) >= 11 is 0. The van der Waals surface area contributed by atoms with Gasteiger partial charge < -0.3 is 19.3 Å². The first-order valence-electron chi connectivity index (χ1n) is 18.0. The van der Waals surface area contributed by atoms with Crippen LogP contribution >= 0.6 is 0 Å². The first-order chi connectivity index (χ1) is 23.4. The molecule has 6 nitrogen and oxygen atoms in total. The van der Waals surface area contributed by atoms with Crippen molar-refractivity contribution in [1.29, 1.82) is 0 Å². The number of rotatable bonds is 17. The second kappa shape index (κ2) is 15.1. The second-order valence-corrected chi connectivity index (χ2v) is 13.4. The van der Waals surface area contributed by atoms with Crippen molar-refractivity contribution in [3.63, 3.8) is 0 Å². The number of hydrogen-bond donors (Lipinski definition) is 2. The van der Waals surface area contributed by atoms with Gasteiger partial charge in [-0.05, 0) is 84.6 Å². The predicted octanol–water partition coefficient (Wildman–Crippen LogP) is 11.7. The Morgan fingerprint density at radius 3 is 1.17 bits per heavy atom. The topological polar surface area (TPSA) is 84.5 Å². The normalized spacial score (nSPS) is 11.8. The molecule has 0 bridgehead atoms. The van der Waals surface area contributed by atoms with E-state index in [0.717, 1.165) is 80.7 Å². The van der Waals surface area contributed by atoms with Crippen molar-refractivity contribution >= 4 is 55.6 Å². The molecule has 0 saturated carbocycles. The quantitative estimate of drug-likeness (QED) is 0.0968. The molecule has 2 heterocycles. The number of nitrogens with zero attached hydrogens (tertiary/aromatic N) is 2. The molecule has 6 heteroatoms. The maximum Gasteiger partial charge on any atom is 0.335 e. The molecule has 250 valence electrons. The lowest BCUT2D eigenvalue weighted by molar-refractivity contribution is 0.0686. The summed E-state index contributed by atoms with van der Waals surface area (Å²) in [5, 5.41) is 23.6. The van der Waals surface area contributed by atoms with Crippen LogP contribution < -0.4 is 0 Å². The van der Waals surface area contributed by atoms with Gasteiger partial charge in [0.15, 0.2) is 0 Å². The SMILES string of the molecule is CCCCCCCCn1c2ccc(C(=O)O)cc2c2cc(-c3ccc4c(c3)c3cc(C(=O)O)ccc3n4CCCCCCCC)ccc21. The van der Waals surface area contributed by atoms with Gasteiger partial charge in [-0.2, -0.15) is 0 Å². The number of benzene rings is 4. The minimum Gasteiger partial charge on any atom is -0.478 e. The van der Waals surface area contributed by atoms with Gasteiger partial charge in [-0.3, -0.25) is 0 Å². The molecule has 0 saturated heterocycles. The summed E-state index contributed by atoms with van der Waals surface area (Å²) in [5.74, 6) is -1.85. The van der Waals surface area contributed by atoms with E-state index in [1.54, 1.807) is 12.1 Å². The number of aromatic nitrogens is 2. The Morgan fingerprint density at radius 2 is 0.792 bits per heavy atom. The Bertz CT molecular complexity index is 1930. The molecule has 0 aliphatic rings. The Balaban J connectivity index is 1.40. The van der Waals surface area contributed by atoms with E-state index in [1.165, 1.54) is 64.2 Å². The van der Waals surface area contributed by atoms with Crippen LogP contribution in [0.25, 0.3) is 54.7 Å². The van der Waals surface area contributed by atoms with E-state index in [1.807, 2.05) is 24.3 Å². The average Bonchev–Trinajstić information content (AvgIpc) is 3.58. The third-order valence-electron chi connectivity index (χ3n) is 10.0. The monoisotopic (exact) mass is 644 g/mol. The number of carbonyl (C=O) groups is 2. The highest BCUT2D eigenvalue weighted by atomic mass is 16.4. The van der Waals surface area contributed by atoms with E-state index in [-0.39, 0.29) is 0 Å². The van der Waals surface area contributed by atoms with E-state index in [0.29, 0.717) is 11.1 Å². The summed E-state index contributed by atoms with van der Waals surface area (Å²) in [4.78, 5) is 23.9. The van der Waals surface area contributed by atoms with Gasteiger partial charge in [-0.15, -0.1) is 0 Å². The lowest BCUT2D eigenvalue weighted by Crippen LogP contribution is -1.99.